The van der Waals surface area contributed by atoms with Gasteiger partial charge in [-0.05, 0) is 12.8 Å². The molecular formula is C9H12F3NO2. The van der Waals surface area contributed by atoms with Gasteiger partial charge in [-0.3, -0.25) is 0 Å². The number of nitriles is 1. The van der Waals surface area contributed by atoms with Crippen LogP contribution in [0.2, 0.25) is 0 Å². The van der Waals surface area contributed by atoms with Crippen LogP contribution in [0.4, 0.5) is 13.2 Å². The summed E-state index contributed by atoms with van der Waals surface area (Å²) in [5, 5.41) is 8.87. The van der Waals surface area contributed by atoms with E-state index in [0.29, 0.717) is 26.1 Å². The molecule has 0 N–H and O–H groups in total. The molecule has 1 unspecified atom stereocenters. The Morgan fingerprint density at radius 2 is 2.20 bits per heavy atom. The molecule has 15 heavy (non-hydrogen) atoms. The Labute approximate surface area is 85.8 Å². The lowest BCUT2D eigenvalue weighted by atomic mass is 9.86. The summed E-state index contributed by atoms with van der Waals surface area (Å²) in [6.07, 6.45) is -3.44. The zero-order valence-corrected chi connectivity index (χ0v) is 8.14. The lowest BCUT2D eigenvalue weighted by molar-refractivity contribution is -0.175. The van der Waals surface area contributed by atoms with Gasteiger partial charge >= 0.3 is 6.18 Å². The van der Waals surface area contributed by atoms with Crippen molar-refractivity contribution in [2.75, 3.05) is 26.4 Å². The summed E-state index contributed by atoms with van der Waals surface area (Å²) in [4.78, 5) is 0. The second-order valence-corrected chi connectivity index (χ2v) is 3.61. The monoisotopic (exact) mass is 223 g/mol. The number of hydrogen-bond donors (Lipinski definition) is 0. The SMILES string of the molecule is N#CC1(CCOCC(F)(F)F)CCOC1. The summed E-state index contributed by atoms with van der Waals surface area (Å²) >= 11 is 0. The van der Waals surface area contributed by atoms with Crippen molar-refractivity contribution in [1.82, 2.24) is 0 Å². The molecule has 0 aromatic carbocycles. The Bertz CT molecular complexity index is 241. The van der Waals surface area contributed by atoms with E-state index in [4.69, 9.17) is 10.00 Å². The lowest BCUT2D eigenvalue weighted by Gasteiger charge is -2.18. The molecule has 3 nitrogen and oxygen atoms in total. The van der Waals surface area contributed by atoms with Gasteiger partial charge in [0.1, 0.15) is 6.61 Å². The predicted molar refractivity (Wildman–Crippen MR) is 45.0 cm³/mol. The first-order valence-corrected chi connectivity index (χ1v) is 4.61. The van der Waals surface area contributed by atoms with Gasteiger partial charge in [0.25, 0.3) is 0 Å². The van der Waals surface area contributed by atoms with E-state index in [-0.39, 0.29) is 6.61 Å². The molecule has 1 fully saturated rings. The minimum atomic E-state index is -4.30. The van der Waals surface area contributed by atoms with Gasteiger partial charge in [0.15, 0.2) is 0 Å². The van der Waals surface area contributed by atoms with Gasteiger partial charge in [-0.2, -0.15) is 18.4 Å². The Balaban J connectivity index is 2.22. The summed E-state index contributed by atoms with van der Waals surface area (Å²) in [5.41, 5.74) is -0.647. The van der Waals surface area contributed by atoms with Crippen LogP contribution in [0.5, 0.6) is 0 Å². The highest BCUT2D eigenvalue weighted by molar-refractivity contribution is 5.01. The predicted octanol–water partition coefficient (Wildman–Crippen LogP) is 1.89. The van der Waals surface area contributed by atoms with E-state index >= 15 is 0 Å². The van der Waals surface area contributed by atoms with Crippen molar-refractivity contribution in [3.8, 4) is 6.07 Å². The molecule has 0 aromatic heterocycles. The highest BCUT2D eigenvalue weighted by Gasteiger charge is 2.35. The first-order chi connectivity index (χ1) is 6.97. The molecule has 0 saturated carbocycles. The van der Waals surface area contributed by atoms with Crippen LogP contribution in [0.3, 0.4) is 0 Å². The molecule has 1 saturated heterocycles. The Morgan fingerprint density at radius 3 is 2.67 bits per heavy atom. The summed E-state index contributed by atoms with van der Waals surface area (Å²) in [6.45, 7) is -0.530. The molecule has 0 spiro atoms. The van der Waals surface area contributed by atoms with Crippen molar-refractivity contribution in [3.63, 3.8) is 0 Å². The van der Waals surface area contributed by atoms with Gasteiger partial charge in [-0.15, -0.1) is 0 Å². The largest absolute Gasteiger partial charge is 0.411 e. The average molecular weight is 223 g/mol. The first kappa shape index (κ1) is 12.3. The van der Waals surface area contributed by atoms with Crippen LogP contribution < -0.4 is 0 Å². The van der Waals surface area contributed by atoms with E-state index in [1.165, 1.54) is 0 Å². The molecule has 1 atom stereocenters. The van der Waals surface area contributed by atoms with E-state index in [9.17, 15) is 13.2 Å². The fourth-order valence-corrected chi connectivity index (χ4v) is 1.40. The van der Waals surface area contributed by atoms with Gasteiger partial charge in [-0.1, -0.05) is 0 Å². The van der Waals surface area contributed by atoms with Crippen molar-refractivity contribution in [3.05, 3.63) is 0 Å². The highest BCUT2D eigenvalue weighted by Crippen LogP contribution is 2.31. The second kappa shape index (κ2) is 4.81. The van der Waals surface area contributed by atoms with Gasteiger partial charge in [-0.25, -0.2) is 0 Å². The van der Waals surface area contributed by atoms with Crippen LogP contribution in [0.1, 0.15) is 12.8 Å². The molecular weight excluding hydrogens is 211 g/mol. The molecule has 0 amide bonds. The minimum absolute atomic E-state index is 0.0591. The Hall–Kier alpha value is -0.800. The molecule has 1 aliphatic heterocycles. The minimum Gasteiger partial charge on any atom is -0.380 e. The van der Waals surface area contributed by atoms with E-state index in [1.54, 1.807) is 0 Å². The van der Waals surface area contributed by atoms with E-state index < -0.39 is 18.2 Å². The number of rotatable bonds is 4. The molecule has 6 heteroatoms. The van der Waals surface area contributed by atoms with Crippen molar-refractivity contribution >= 4 is 0 Å². The van der Waals surface area contributed by atoms with Crippen molar-refractivity contribution in [2.45, 2.75) is 19.0 Å². The maximum Gasteiger partial charge on any atom is 0.411 e. The number of alkyl halides is 3. The maximum atomic E-state index is 11.7. The molecule has 1 rings (SSSR count). The molecule has 0 radical (unpaired) electrons. The zero-order chi connectivity index (χ0) is 11.4. The van der Waals surface area contributed by atoms with Crippen LogP contribution in [-0.4, -0.2) is 32.6 Å². The number of nitrogens with zero attached hydrogens (tertiary/aromatic N) is 1. The summed E-state index contributed by atoms with van der Waals surface area (Å²) in [7, 11) is 0. The smallest absolute Gasteiger partial charge is 0.380 e. The fraction of sp³-hybridized carbons (Fsp3) is 0.889. The molecule has 86 valence electrons. The van der Waals surface area contributed by atoms with Crippen LogP contribution in [0.25, 0.3) is 0 Å². The van der Waals surface area contributed by atoms with Crippen LogP contribution in [0.15, 0.2) is 0 Å². The third-order valence-corrected chi connectivity index (χ3v) is 2.33. The fourth-order valence-electron chi connectivity index (χ4n) is 1.40. The third-order valence-electron chi connectivity index (χ3n) is 2.33. The van der Waals surface area contributed by atoms with Crippen LogP contribution in [0, 0.1) is 16.7 Å². The summed E-state index contributed by atoms with van der Waals surface area (Å²) < 4.78 is 44.7. The topological polar surface area (TPSA) is 42.2 Å². The normalized spacial score (nSPS) is 26.5. The molecule has 1 heterocycles. The lowest BCUT2D eigenvalue weighted by Crippen LogP contribution is -2.23. The van der Waals surface area contributed by atoms with Crippen molar-refractivity contribution in [1.29, 1.82) is 5.26 Å². The Kier molecular flexibility index (Phi) is 3.94. The van der Waals surface area contributed by atoms with Crippen molar-refractivity contribution in [2.24, 2.45) is 5.41 Å². The summed E-state index contributed by atoms with van der Waals surface area (Å²) in [6, 6.07) is 2.09. The first-order valence-electron chi connectivity index (χ1n) is 4.61. The van der Waals surface area contributed by atoms with Crippen molar-refractivity contribution < 1.29 is 22.6 Å². The van der Waals surface area contributed by atoms with E-state index in [0.717, 1.165) is 0 Å². The summed E-state index contributed by atoms with van der Waals surface area (Å²) in [5.74, 6) is 0. The average Bonchev–Trinajstić information content (AvgIpc) is 2.60. The molecule has 0 bridgehead atoms. The molecule has 1 aliphatic rings. The molecule has 0 aromatic rings. The number of halogens is 3. The van der Waals surface area contributed by atoms with Gasteiger partial charge < -0.3 is 9.47 Å². The van der Waals surface area contributed by atoms with Crippen LogP contribution in [-0.2, 0) is 9.47 Å². The quantitative estimate of drug-likeness (QED) is 0.683. The zero-order valence-electron chi connectivity index (χ0n) is 8.14. The van der Waals surface area contributed by atoms with Crippen LogP contribution >= 0.6 is 0 Å². The van der Waals surface area contributed by atoms with Gasteiger partial charge in [0, 0.05) is 13.2 Å². The van der Waals surface area contributed by atoms with E-state index in [2.05, 4.69) is 10.8 Å². The standard InChI is InChI=1S/C9H12F3NO2/c10-9(11,12)7-15-4-2-8(5-13)1-3-14-6-8/h1-4,6-7H2. The number of ether oxygens (including phenoxy) is 2. The van der Waals surface area contributed by atoms with E-state index in [1.807, 2.05) is 0 Å². The Morgan fingerprint density at radius 1 is 1.47 bits per heavy atom. The molecule has 0 aliphatic carbocycles. The number of hydrogen-bond acceptors (Lipinski definition) is 3. The second-order valence-electron chi connectivity index (χ2n) is 3.61. The highest BCUT2D eigenvalue weighted by atomic mass is 19.4. The van der Waals surface area contributed by atoms with Gasteiger partial charge in [0.2, 0.25) is 0 Å². The maximum absolute atomic E-state index is 11.7. The third kappa shape index (κ3) is 4.06. The van der Waals surface area contributed by atoms with Gasteiger partial charge in [0.05, 0.1) is 18.1 Å².